The van der Waals surface area contributed by atoms with Crippen molar-refractivity contribution in [2.45, 2.75) is 26.9 Å². The first-order valence-electron chi connectivity index (χ1n) is 10.4. The highest BCUT2D eigenvalue weighted by atomic mass is 15.2. The molecule has 0 aliphatic carbocycles. The quantitative estimate of drug-likeness (QED) is 0.414. The van der Waals surface area contributed by atoms with Crippen LogP contribution < -0.4 is 16.0 Å². The first-order valence-corrected chi connectivity index (χ1v) is 10.4. The fraction of sp³-hybridized carbons (Fsp3) is 0.154. The number of hydrogen-bond donors (Lipinski definition) is 2. The summed E-state index contributed by atoms with van der Waals surface area (Å²) in [5.41, 5.74) is 12.8. The van der Waals surface area contributed by atoms with E-state index in [0.717, 1.165) is 17.1 Å². The molecule has 0 fully saturated rings. The number of aromatic nitrogens is 2. The number of nitrogen functional groups attached to an aromatic ring is 1. The monoisotopic (exact) mass is 409 g/mol. The molecule has 156 valence electrons. The van der Waals surface area contributed by atoms with Gasteiger partial charge in [-0.2, -0.15) is 0 Å². The van der Waals surface area contributed by atoms with Gasteiger partial charge >= 0.3 is 0 Å². The van der Waals surface area contributed by atoms with Crippen molar-refractivity contribution in [1.82, 2.24) is 9.97 Å². The van der Waals surface area contributed by atoms with Crippen molar-refractivity contribution in [3.8, 4) is 0 Å². The molecule has 3 aromatic carbocycles. The minimum atomic E-state index is 0.537. The minimum absolute atomic E-state index is 0.537. The maximum atomic E-state index is 6.60. The molecule has 4 rings (SSSR count). The lowest BCUT2D eigenvalue weighted by Crippen LogP contribution is -2.24. The third-order valence-electron chi connectivity index (χ3n) is 5.24. The fourth-order valence-corrected chi connectivity index (χ4v) is 3.55. The average molecular weight is 410 g/mol. The molecule has 0 bridgehead atoms. The van der Waals surface area contributed by atoms with E-state index in [1.165, 1.54) is 16.7 Å². The summed E-state index contributed by atoms with van der Waals surface area (Å²) in [6.07, 6.45) is 1.57. The molecule has 5 nitrogen and oxygen atoms in total. The molecule has 1 heterocycles. The average Bonchev–Trinajstić information content (AvgIpc) is 2.79. The van der Waals surface area contributed by atoms with Crippen molar-refractivity contribution < 1.29 is 0 Å². The Morgan fingerprint density at radius 1 is 0.806 bits per heavy atom. The van der Waals surface area contributed by atoms with Crippen LogP contribution in [0.15, 0.2) is 85.2 Å². The topological polar surface area (TPSA) is 67.1 Å². The highest BCUT2D eigenvalue weighted by molar-refractivity contribution is 5.79. The molecule has 0 aliphatic heterocycles. The van der Waals surface area contributed by atoms with Crippen LogP contribution in [0.5, 0.6) is 0 Å². The van der Waals surface area contributed by atoms with Gasteiger partial charge in [0.2, 0.25) is 0 Å². The van der Waals surface area contributed by atoms with Crippen molar-refractivity contribution >= 4 is 23.0 Å². The number of benzene rings is 3. The summed E-state index contributed by atoms with van der Waals surface area (Å²) >= 11 is 0. The smallest absolute Gasteiger partial charge is 0.159 e. The molecular weight excluding hydrogens is 382 g/mol. The summed E-state index contributed by atoms with van der Waals surface area (Å²) < 4.78 is 0. The summed E-state index contributed by atoms with van der Waals surface area (Å²) in [4.78, 5) is 11.2. The Balaban J connectivity index is 1.68. The summed E-state index contributed by atoms with van der Waals surface area (Å²) in [6, 6.07) is 27.0. The fourth-order valence-electron chi connectivity index (χ4n) is 3.55. The molecule has 31 heavy (non-hydrogen) atoms. The van der Waals surface area contributed by atoms with E-state index in [9.17, 15) is 0 Å². The molecular formula is C26H27N5. The molecule has 0 saturated carbocycles. The SMILES string of the molecule is Cc1ccc(C)c(Nc2ncnc(N(Cc3ccccc3)Cc3ccccc3)c2N)c1. The summed E-state index contributed by atoms with van der Waals surface area (Å²) in [5, 5.41) is 3.40. The van der Waals surface area contributed by atoms with Crippen LogP contribution in [0.1, 0.15) is 22.3 Å². The maximum absolute atomic E-state index is 6.60. The van der Waals surface area contributed by atoms with Crippen LogP contribution in [0.2, 0.25) is 0 Å². The van der Waals surface area contributed by atoms with Crippen LogP contribution in [0.3, 0.4) is 0 Å². The van der Waals surface area contributed by atoms with Crippen molar-refractivity contribution in [2.75, 3.05) is 16.0 Å². The van der Waals surface area contributed by atoms with E-state index in [1.54, 1.807) is 6.33 Å². The van der Waals surface area contributed by atoms with E-state index in [2.05, 4.69) is 76.5 Å². The molecule has 0 atom stereocenters. The maximum Gasteiger partial charge on any atom is 0.159 e. The lowest BCUT2D eigenvalue weighted by molar-refractivity contribution is 0.782. The third-order valence-corrected chi connectivity index (χ3v) is 5.24. The lowest BCUT2D eigenvalue weighted by Gasteiger charge is -2.26. The summed E-state index contributed by atoms with van der Waals surface area (Å²) in [6.45, 7) is 5.53. The van der Waals surface area contributed by atoms with Crippen molar-refractivity contribution in [3.05, 3.63) is 107 Å². The second-order valence-electron chi connectivity index (χ2n) is 7.73. The first-order chi connectivity index (χ1) is 15.1. The van der Waals surface area contributed by atoms with Crippen molar-refractivity contribution in [2.24, 2.45) is 0 Å². The highest BCUT2D eigenvalue weighted by Gasteiger charge is 2.17. The van der Waals surface area contributed by atoms with Crippen LogP contribution in [-0.4, -0.2) is 9.97 Å². The van der Waals surface area contributed by atoms with E-state index in [-0.39, 0.29) is 0 Å². The first kappa shape index (κ1) is 20.4. The van der Waals surface area contributed by atoms with Gasteiger partial charge in [-0.1, -0.05) is 72.8 Å². The van der Waals surface area contributed by atoms with Gasteiger partial charge in [0.25, 0.3) is 0 Å². The highest BCUT2D eigenvalue weighted by Crippen LogP contribution is 2.31. The zero-order chi connectivity index (χ0) is 21.6. The Morgan fingerprint density at radius 3 is 2.03 bits per heavy atom. The van der Waals surface area contributed by atoms with Crippen LogP contribution in [0, 0.1) is 13.8 Å². The standard InChI is InChI=1S/C26H27N5/c1-19-13-14-20(2)23(15-19)30-25-24(27)26(29-18-28-25)31(16-21-9-5-3-6-10-21)17-22-11-7-4-8-12-22/h3-15,18H,16-17,27H2,1-2H3,(H,28,29,30). The van der Waals surface area contributed by atoms with E-state index >= 15 is 0 Å². The molecule has 0 amide bonds. The zero-order valence-corrected chi connectivity index (χ0v) is 17.9. The van der Waals surface area contributed by atoms with Gasteiger partial charge < -0.3 is 16.0 Å². The second kappa shape index (κ2) is 9.30. The van der Waals surface area contributed by atoms with Crippen LogP contribution in [0.25, 0.3) is 0 Å². The third kappa shape index (κ3) is 5.01. The van der Waals surface area contributed by atoms with Gasteiger partial charge in [0.15, 0.2) is 11.6 Å². The van der Waals surface area contributed by atoms with Crippen LogP contribution in [0.4, 0.5) is 23.0 Å². The Kier molecular flexibility index (Phi) is 6.13. The van der Waals surface area contributed by atoms with Crippen LogP contribution >= 0.6 is 0 Å². The van der Waals surface area contributed by atoms with Gasteiger partial charge in [-0.3, -0.25) is 0 Å². The molecule has 0 saturated heterocycles. The predicted molar refractivity (Wildman–Crippen MR) is 128 cm³/mol. The van der Waals surface area contributed by atoms with Gasteiger partial charge in [0.1, 0.15) is 12.0 Å². The number of nitrogens with one attached hydrogen (secondary N) is 1. The molecule has 3 N–H and O–H groups in total. The largest absolute Gasteiger partial charge is 0.393 e. The Bertz CT molecular complexity index is 1100. The number of nitrogens with two attached hydrogens (primary N) is 1. The molecule has 0 spiro atoms. The summed E-state index contributed by atoms with van der Waals surface area (Å²) in [7, 11) is 0. The molecule has 0 unspecified atom stereocenters. The van der Waals surface area contributed by atoms with Gasteiger partial charge in [-0.05, 0) is 42.2 Å². The number of anilines is 4. The van der Waals surface area contributed by atoms with E-state index in [1.807, 2.05) is 36.4 Å². The van der Waals surface area contributed by atoms with Gasteiger partial charge in [-0.15, -0.1) is 0 Å². The van der Waals surface area contributed by atoms with Crippen molar-refractivity contribution in [1.29, 1.82) is 0 Å². The molecule has 5 heteroatoms. The number of hydrogen-bond acceptors (Lipinski definition) is 5. The summed E-state index contributed by atoms with van der Waals surface area (Å²) in [5.74, 6) is 1.33. The second-order valence-corrected chi connectivity index (χ2v) is 7.73. The lowest BCUT2D eigenvalue weighted by atomic mass is 10.1. The molecule has 0 radical (unpaired) electrons. The number of rotatable bonds is 7. The van der Waals surface area contributed by atoms with E-state index in [0.29, 0.717) is 24.6 Å². The Hall–Kier alpha value is -3.86. The van der Waals surface area contributed by atoms with Crippen molar-refractivity contribution in [3.63, 3.8) is 0 Å². The van der Waals surface area contributed by atoms with Crippen LogP contribution in [-0.2, 0) is 13.1 Å². The normalized spacial score (nSPS) is 10.6. The number of nitrogens with zero attached hydrogens (tertiary/aromatic N) is 3. The Labute approximate surface area is 183 Å². The van der Waals surface area contributed by atoms with E-state index in [4.69, 9.17) is 5.73 Å². The zero-order valence-electron chi connectivity index (χ0n) is 17.9. The molecule has 1 aromatic heterocycles. The number of aryl methyl sites for hydroxylation is 2. The molecule has 0 aliphatic rings. The minimum Gasteiger partial charge on any atom is -0.393 e. The molecule has 4 aromatic rings. The predicted octanol–water partition coefficient (Wildman–Crippen LogP) is 5.63. The van der Waals surface area contributed by atoms with Gasteiger partial charge in [0.05, 0.1) is 0 Å². The van der Waals surface area contributed by atoms with Gasteiger partial charge in [-0.25, -0.2) is 9.97 Å². The van der Waals surface area contributed by atoms with Gasteiger partial charge in [0, 0.05) is 18.8 Å². The Morgan fingerprint density at radius 2 is 1.42 bits per heavy atom. The van der Waals surface area contributed by atoms with E-state index < -0.39 is 0 Å².